The van der Waals surface area contributed by atoms with Crippen molar-refractivity contribution in [3.05, 3.63) is 45.2 Å². The molecule has 0 unspecified atom stereocenters. The summed E-state index contributed by atoms with van der Waals surface area (Å²) >= 11 is 10.4. The van der Waals surface area contributed by atoms with E-state index in [4.69, 9.17) is 16.3 Å². The summed E-state index contributed by atoms with van der Waals surface area (Å²) in [5.41, 5.74) is 0.678. The Morgan fingerprint density at radius 2 is 2.11 bits per heavy atom. The summed E-state index contributed by atoms with van der Waals surface area (Å²) in [5.74, 6) is -0.132. The summed E-state index contributed by atoms with van der Waals surface area (Å²) in [6.45, 7) is 0. The Morgan fingerprint density at radius 1 is 1.26 bits per heavy atom. The Bertz CT molecular complexity index is 765. The van der Waals surface area contributed by atoms with Crippen molar-refractivity contribution in [3.63, 3.8) is 0 Å². The number of hydrogen-bond donors (Lipinski definition) is 0. The number of rotatable bonds is 2. The van der Waals surface area contributed by atoms with Crippen LogP contribution in [0.4, 0.5) is 4.39 Å². The highest BCUT2D eigenvalue weighted by molar-refractivity contribution is 9.10. The molecule has 0 radical (unpaired) electrons. The Labute approximate surface area is 125 Å². The molecule has 0 amide bonds. The van der Waals surface area contributed by atoms with E-state index in [9.17, 15) is 4.39 Å². The number of benzene rings is 1. The molecule has 2 heterocycles. The zero-order valence-electron chi connectivity index (χ0n) is 9.23. The highest BCUT2D eigenvalue weighted by Crippen LogP contribution is 2.33. The van der Waals surface area contributed by atoms with Crippen molar-refractivity contribution in [2.75, 3.05) is 0 Å². The predicted octanol–water partition coefficient (Wildman–Crippen LogP) is 5.04. The largest absolute Gasteiger partial charge is 0.434 e. The second-order valence-corrected chi connectivity index (χ2v) is 5.78. The quantitative estimate of drug-likeness (QED) is 0.601. The number of ether oxygens (including phenoxy) is 1. The number of aromatic nitrogens is 2. The molecule has 0 aliphatic carbocycles. The van der Waals surface area contributed by atoms with Crippen molar-refractivity contribution in [1.82, 2.24) is 9.97 Å². The van der Waals surface area contributed by atoms with Crippen LogP contribution in [-0.2, 0) is 0 Å². The maximum absolute atomic E-state index is 13.7. The van der Waals surface area contributed by atoms with Gasteiger partial charge in [0.15, 0.2) is 11.6 Å². The summed E-state index contributed by atoms with van der Waals surface area (Å²) in [6, 6.07) is 6.34. The Balaban J connectivity index is 2.07. The summed E-state index contributed by atoms with van der Waals surface area (Å²) in [4.78, 5) is 8.05. The topological polar surface area (TPSA) is 35.0 Å². The first-order chi connectivity index (χ1) is 9.13. The van der Waals surface area contributed by atoms with Gasteiger partial charge in [-0.15, -0.1) is 11.3 Å². The minimum atomic E-state index is -0.478. The van der Waals surface area contributed by atoms with Gasteiger partial charge in [0, 0.05) is 4.47 Å². The molecule has 0 saturated carbocycles. The number of nitrogens with zero attached hydrogens (tertiary/aromatic N) is 2. The van der Waals surface area contributed by atoms with Crippen molar-refractivity contribution in [3.8, 4) is 11.6 Å². The Hall–Kier alpha value is -1.24. The molecule has 3 aromatic rings. The monoisotopic (exact) mass is 358 g/mol. The van der Waals surface area contributed by atoms with Crippen LogP contribution in [0.25, 0.3) is 10.2 Å². The maximum atomic E-state index is 13.7. The lowest BCUT2D eigenvalue weighted by molar-refractivity contribution is 0.432. The third-order valence-electron chi connectivity index (χ3n) is 2.35. The number of fused-ring (bicyclic) bond motifs is 1. The molecule has 0 atom stereocenters. The molecule has 0 aliphatic rings. The summed E-state index contributed by atoms with van der Waals surface area (Å²) in [5, 5.41) is 1.92. The van der Waals surface area contributed by atoms with Gasteiger partial charge in [-0.2, -0.15) is 4.98 Å². The van der Waals surface area contributed by atoms with Gasteiger partial charge in [-0.1, -0.05) is 15.9 Å². The molecule has 0 saturated heterocycles. The lowest BCUT2D eigenvalue weighted by Gasteiger charge is -2.07. The molecule has 2 aromatic heterocycles. The molecule has 0 fully saturated rings. The van der Waals surface area contributed by atoms with Gasteiger partial charge >= 0.3 is 0 Å². The molecule has 0 bridgehead atoms. The number of halogens is 3. The minimum Gasteiger partial charge on any atom is -0.434 e. The van der Waals surface area contributed by atoms with E-state index in [1.807, 2.05) is 5.38 Å². The molecule has 1 aromatic carbocycles. The van der Waals surface area contributed by atoms with E-state index in [-0.39, 0.29) is 16.9 Å². The van der Waals surface area contributed by atoms with Crippen LogP contribution in [0.3, 0.4) is 0 Å². The van der Waals surface area contributed by atoms with Crippen LogP contribution in [0.15, 0.2) is 34.1 Å². The normalized spacial score (nSPS) is 10.9. The summed E-state index contributed by atoms with van der Waals surface area (Å²) in [6.07, 6.45) is 0. The molecule has 3 nitrogen and oxygen atoms in total. The molecule has 3 rings (SSSR count). The Kier molecular flexibility index (Phi) is 3.38. The fraction of sp³-hybridized carbons (Fsp3) is 0. The van der Waals surface area contributed by atoms with Crippen LogP contribution < -0.4 is 4.74 Å². The van der Waals surface area contributed by atoms with Gasteiger partial charge in [0.1, 0.15) is 4.70 Å². The van der Waals surface area contributed by atoms with Gasteiger partial charge < -0.3 is 4.74 Å². The smallest absolute Gasteiger partial charge is 0.241 e. The first-order valence-corrected chi connectivity index (χ1v) is 7.22. The van der Waals surface area contributed by atoms with Crippen molar-refractivity contribution in [1.29, 1.82) is 0 Å². The van der Waals surface area contributed by atoms with Crippen LogP contribution >= 0.6 is 38.9 Å². The summed E-state index contributed by atoms with van der Waals surface area (Å²) in [7, 11) is 0. The van der Waals surface area contributed by atoms with Crippen molar-refractivity contribution in [2.45, 2.75) is 0 Å². The molecule has 7 heteroatoms. The molecule has 0 N–H and O–H groups in total. The van der Waals surface area contributed by atoms with Crippen molar-refractivity contribution < 1.29 is 9.13 Å². The Morgan fingerprint density at radius 3 is 2.89 bits per heavy atom. The van der Waals surface area contributed by atoms with Gasteiger partial charge in [-0.25, -0.2) is 9.37 Å². The average Bonchev–Trinajstić information content (AvgIpc) is 2.80. The third-order valence-corrected chi connectivity index (χ3v) is 3.90. The van der Waals surface area contributed by atoms with Gasteiger partial charge in [-0.05, 0) is 41.2 Å². The summed E-state index contributed by atoms with van der Waals surface area (Å²) < 4.78 is 20.6. The van der Waals surface area contributed by atoms with Crippen LogP contribution in [0.5, 0.6) is 11.6 Å². The first kappa shape index (κ1) is 12.8. The molecule has 19 heavy (non-hydrogen) atoms. The second kappa shape index (κ2) is 5.03. The maximum Gasteiger partial charge on any atom is 0.241 e. The van der Waals surface area contributed by atoms with E-state index in [0.717, 1.165) is 4.70 Å². The van der Waals surface area contributed by atoms with Crippen molar-refractivity contribution >= 4 is 49.1 Å². The zero-order chi connectivity index (χ0) is 13.4. The van der Waals surface area contributed by atoms with E-state index >= 15 is 0 Å². The van der Waals surface area contributed by atoms with E-state index in [1.54, 1.807) is 12.1 Å². The van der Waals surface area contributed by atoms with Gasteiger partial charge in [0.05, 0.1) is 5.52 Å². The zero-order valence-corrected chi connectivity index (χ0v) is 12.4. The van der Waals surface area contributed by atoms with Crippen LogP contribution in [-0.4, -0.2) is 9.97 Å². The number of hydrogen-bond acceptors (Lipinski definition) is 4. The highest BCUT2D eigenvalue weighted by atomic mass is 79.9. The first-order valence-electron chi connectivity index (χ1n) is 5.17. The number of thiophene rings is 1. The molecule has 96 valence electrons. The standard InChI is InChI=1S/C12H5BrClFN2OS/c13-6-1-2-9(7(15)5-6)18-11-10-8(3-4-19-10)16-12(14)17-11/h1-5H. The van der Waals surface area contributed by atoms with Crippen LogP contribution in [0.2, 0.25) is 5.28 Å². The fourth-order valence-corrected chi connectivity index (χ4v) is 2.80. The van der Waals surface area contributed by atoms with E-state index in [1.165, 1.54) is 23.5 Å². The molecule has 0 spiro atoms. The van der Waals surface area contributed by atoms with Gasteiger partial charge in [0.2, 0.25) is 11.2 Å². The fourth-order valence-electron chi connectivity index (χ4n) is 1.54. The lowest BCUT2D eigenvalue weighted by atomic mass is 10.3. The van der Waals surface area contributed by atoms with E-state index < -0.39 is 5.82 Å². The third kappa shape index (κ3) is 2.56. The van der Waals surface area contributed by atoms with Crippen LogP contribution in [0.1, 0.15) is 0 Å². The molecule has 0 aliphatic heterocycles. The molecular formula is C12H5BrClFN2OS. The lowest BCUT2D eigenvalue weighted by Crippen LogP contribution is -1.93. The van der Waals surface area contributed by atoms with Gasteiger partial charge in [-0.3, -0.25) is 0 Å². The minimum absolute atomic E-state index is 0.0680. The van der Waals surface area contributed by atoms with Crippen molar-refractivity contribution in [2.24, 2.45) is 0 Å². The predicted molar refractivity (Wildman–Crippen MR) is 76.6 cm³/mol. The van der Waals surface area contributed by atoms with Crippen LogP contribution in [0, 0.1) is 5.82 Å². The highest BCUT2D eigenvalue weighted by Gasteiger charge is 2.12. The second-order valence-electron chi connectivity index (χ2n) is 3.61. The van der Waals surface area contributed by atoms with Gasteiger partial charge in [0.25, 0.3) is 0 Å². The molecular weight excluding hydrogens is 355 g/mol. The SMILES string of the molecule is Fc1cc(Br)ccc1Oc1nc(Cl)nc2ccsc12. The average molecular weight is 360 g/mol. The van der Waals surface area contributed by atoms with E-state index in [2.05, 4.69) is 25.9 Å². The van der Waals surface area contributed by atoms with E-state index in [0.29, 0.717) is 9.99 Å².